The number of hydrogen-bond acceptors (Lipinski definition) is 6. The first-order valence-corrected chi connectivity index (χ1v) is 8.88. The predicted molar refractivity (Wildman–Crippen MR) is 92.6 cm³/mol. The Morgan fingerprint density at radius 3 is 2.83 bits per heavy atom. The van der Waals surface area contributed by atoms with Gasteiger partial charge in [-0.1, -0.05) is 25.1 Å². The number of hydrogen-bond donors (Lipinski definition) is 2. The maximum absolute atomic E-state index is 12.2. The molecule has 0 bridgehead atoms. The summed E-state index contributed by atoms with van der Waals surface area (Å²) in [4.78, 5) is 28.1. The summed E-state index contributed by atoms with van der Waals surface area (Å²) in [6.07, 6.45) is 1.95. The molecule has 2 amide bonds. The van der Waals surface area contributed by atoms with Crippen LogP contribution in [0.25, 0.3) is 0 Å². The van der Waals surface area contributed by atoms with E-state index in [9.17, 15) is 9.59 Å². The largest absolute Gasteiger partial charge is 0.343 e. The monoisotopic (exact) mass is 348 g/mol. The Morgan fingerprint density at radius 1 is 1.33 bits per heavy atom. The van der Waals surface area contributed by atoms with E-state index in [2.05, 4.69) is 20.8 Å². The van der Waals surface area contributed by atoms with E-state index in [0.717, 1.165) is 0 Å². The molecule has 0 aliphatic heterocycles. The van der Waals surface area contributed by atoms with E-state index in [1.807, 2.05) is 20.1 Å². The van der Waals surface area contributed by atoms with E-state index in [4.69, 9.17) is 4.52 Å². The van der Waals surface area contributed by atoms with Gasteiger partial charge in [0.1, 0.15) is 0 Å². The number of nitrogens with zero attached hydrogens (tertiary/aromatic N) is 2. The van der Waals surface area contributed by atoms with E-state index in [1.165, 1.54) is 0 Å². The average molecular weight is 348 g/mol. The lowest BCUT2D eigenvalue weighted by molar-refractivity contribution is -0.118. The molecule has 0 fully saturated rings. The van der Waals surface area contributed by atoms with Crippen LogP contribution in [-0.4, -0.2) is 28.2 Å². The SMILES string of the molecule is CSCc1noc(CNC(=O)c2cccc(NC(=O)C(C)C)c2)n1. The molecule has 7 nitrogen and oxygen atoms in total. The first-order valence-electron chi connectivity index (χ1n) is 7.49. The Morgan fingerprint density at radius 2 is 2.12 bits per heavy atom. The van der Waals surface area contributed by atoms with E-state index in [0.29, 0.717) is 28.7 Å². The highest BCUT2D eigenvalue weighted by atomic mass is 32.2. The Bertz CT molecular complexity index is 715. The molecule has 2 rings (SSSR count). The Kier molecular flexibility index (Phi) is 6.36. The fourth-order valence-electron chi connectivity index (χ4n) is 1.83. The second-order valence-corrected chi connectivity index (χ2v) is 6.31. The predicted octanol–water partition coefficient (Wildman–Crippen LogP) is 2.46. The van der Waals surface area contributed by atoms with Gasteiger partial charge >= 0.3 is 0 Å². The lowest BCUT2D eigenvalue weighted by atomic mass is 10.1. The third-order valence-electron chi connectivity index (χ3n) is 3.10. The van der Waals surface area contributed by atoms with Crippen LogP contribution in [0.1, 0.15) is 35.9 Å². The fourth-order valence-corrected chi connectivity index (χ4v) is 2.21. The van der Waals surface area contributed by atoms with Crippen molar-refractivity contribution < 1.29 is 14.1 Å². The molecule has 1 aromatic carbocycles. The van der Waals surface area contributed by atoms with Gasteiger partial charge in [-0.15, -0.1) is 0 Å². The minimum atomic E-state index is -0.278. The number of anilines is 1. The van der Waals surface area contributed by atoms with E-state index < -0.39 is 0 Å². The van der Waals surface area contributed by atoms with Gasteiger partial charge in [0.15, 0.2) is 5.82 Å². The lowest BCUT2D eigenvalue weighted by Gasteiger charge is -2.09. The first-order chi connectivity index (χ1) is 11.5. The van der Waals surface area contributed by atoms with Crippen molar-refractivity contribution in [3.8, 4) is 0 Å². The maximum atomic E-state index is 12.2. The maximum Gasteiger partial charge on any atom is 0.251 e. The lowest BCUT2D eigenvalue weighted by Crippen LogP contribution is -2.23. The number of carbonyl (C=O) groups excluding carboxylic acids is 2. The van der Waals surface area contributed by atoms with Gasteiger partial charge in [0.25, 0.3) is 5.91 Å². The molecule has 0 aliphatic carbocycles. The molecule has 1 aromatic heterocycles. The summed E-state index contributed by atoms with van der Waals surface area (Å²) in [6.45, 7) is 3.77. The van der Waals surface area contributed by atoms with Crippen LogP contribution in [0, 0.1) is 5.92 Å². The fraction of sp³-hybridized carbons (Fsp3) is 0.375. The summed E-state index contributed by atoms with van der Waals surface area (Å²) in [5.41, 5.74) is 1.03. The number of aromatic nitrogens is 2. The molecule has 1 heterocycles. The molecule has 8 heteroatoms. The molecule has 0 saturated carbocycles. The van der Waals surface area contributed by atoms with Crippen LogP contribution in [0.3, 0.4) is 0 Å². The van der Waals surface area contributed by atoms with Crippen molar-refractivity contribution in [2.75, 3.05) is 11.6 Å². The molecule has 24 heavy (non-hydrogen) atoms. The van der Waals surface area contributed by atoms with Crippen molar-refractivity contribution in [3.05, 3.63) is 41.5 Å². The standard InChI is InChI=1S/C16H20N4O3S/c1-10(2)15(21)18-12-6-4-5-11(7-12)16(22)17-8-14-19-13(9-24-3)20-23-14/h4-7,10H,8-9H2,1-3H3,(H,17,22)(H,18,21). The molecule has 0 unspecified atom stereocenters. The van der Waals surface area contributed by atoms with E-state index >= 15 is 0 Å². The molecule has 2 aromatic rings. The van der Waals surface area contributed by atoms with Crippen LogP contribution in [0.15, 0.2) is 28.8 Å². The Hall–Kier alpha value is -2.35. The molecule has 128 valence electrons. The van der Waals surface area contributed by atoms with Crippen LogP contribution in [0.4, 0.5) is 5.69 Å². The minimum Gasteiger partial charge on any atom is -0.343 e. The summed E-state index contributed by atoms with van der Waals surface area (Å²) in [7, 11) is 0. The highest BCUT2D eigenvalue weighted by Crippen LogP contribution is 2.12. The number of nitrogens with one attached hydrogen (secondary N) is 2. The van der Waals surface area contributed by atoms with Crippen LogP contribution in [0.5, 0.6) is 0 Å². The molecule has 0 atom stereocenters. The molecular weight excluding hydrogens is 328 g/mol. The van der Waals surface area contributed by atoms with Crippen LogP contribution in [0.2, 0.25) is 0 Å². The zero-order chi connectivity index (χ0) is 17.5. The summed E-state index contributed by atoms with van der Waals surface area (Å²) in [5.74, 6) is 1.12. The minimum absolute atomic E-state index is 0.0975. The number of rotatable bonds is 7. The highest BCUT2D eigenvalue weighted by molar-refractivity contribution is 7.97. The normalized spacial score (nSPS) is 10.7. The molecule has 0 saturated heterocycles. The number of amides is 2. The topological polar surface area (TPSA) is 97.1 Å². The Labute approximate surface area is 144 Å². The summed E-state index contributed by atoms with van der Waals surface area (Å²) < 4.78 is 5.06. The summed E-state index contributed by atoms with van der Waals surface area (Å²) in [5, 5.41) is 9.30. The molecule has 2 N–H and O–H groups in total. The molecule has 0 radical (unpaired) electrons. The van der Waals surface area contributed by atoms with Crippen LogP contribution in [-0.2, 0) is 17.1 Å². The molecule has 0 aliphatic rings. The van der Waals surface area contributed by atoms with Crippen molar-refractivity contribution in [1.29, 1.82) is 0 Å². The zero-order valence-electron chi connectivity index (χ0n) is 13.8. The van der Waals surface area contributed by atoms with Crippen molar-refractivity contribution >= 4 is 29.3 Å². The van der Waals surface area contributed by atoms with Gasteiger partial charge in [-0.05, 0) is 24.5 Å². The average Bonchev–Trinajstić information content (AvgIpc) is 3.00. The first kappa shape index (κ1) is 18.0. The zero-order valence-corrected chi connectivity index (χ0v) is 14.6. The van der Waals surface area contributed by atoms with Gasteiger partial charge in [-0.25, -0.2) is 0 Å². The second-order valence-electron chi connectivity index (χ2n) is 5.44. The van der Waals surface area contributed by atoms with Crippen molar-refractivity contribution in [1.82, 2.24) is 15.5 Å². The van der Waals surface area contributed by atoms with Crippen molar-refractivity contribution in [2.45, 2.75) is 26.1 Å². The Balaban J connectivity index is 1.95. The summed E-state index contributed by atoms with van der Waals surface area (Å²) >= 11 is 1.59. The molecule has 0 spiro atoms. The third-order valence-corrected chi connectivity index (χ3v) is 3.65. The quantitative estimate of drug-likeness (QED) is 0.798. The van der Waals surface area contributed by atoms with Gasteiger partial charge < -0.3 is 15.2 Å². The van der Waals surface area contributed by atoms with Gasteiger partial charge in [-0.3, -0.25) is 9.59 Å². The second kappa shape index (κ2) is 8.49. The highest BCUT2D eigenvalue weighted by Gasteiger charge is 2.11. The van der Waals surface area contributed by atoms with Gasteiger partial charge in [-0.2, -0.15) is 16.7 Å². The summed E-state index contributed by atoms with van der Waals surface area (Å²) in [6, 6.07) is 6.76. The van der Waals surface area contributed by atoms with E-state index in [1.54, 1.807) is 36.0 Å². The van der Waals surface area contributed by atoms with Crippen molar-refractivity contribution in [3.63, 3.8) is 0 Å². The van der Waals surface area contributed by atoms with Crippen LogP contribution >= 0.6 is 11.8 Å². The van der Waals surface area contributed by atoms with E-state index in [-0.39, 0.29) is 24.3 Å². The smallest absolute Gasteiger partial charge is 0.251 e. The number of thioether (sulfide) groups is 1. The van der Waals surface area contributed by atoms with Gasteiger partial charge in [0.05, 0.1) is 12.3 Å². The van der Waals surface area contributed by atoms with Gasteiger partial charge in [0, 0.05) is 17.2 Å². The van der Waals surface area contributed by atoms with Gasteiger partial charge in [0.2, 0.25) is 11.8 Å². The van der Waals surface area contributed by atoms with Crippen molar-refractivity contribution in [2.24, 2.45) is 5.92 Å². The third kappa shape index (κ3) is 5.09. The van der Waals surface area contributed by atoms with Crippen LogP contribution < -0.4 is 10.6 Å². The number of benzene rings is 1. The molecular formula is C16H20N4O3S. The number of carbonyl (C=O) groups is 2.